The van der Waals surface area contributed by atoms with Crippen LogP contribution in [0.1, 0.15) is 17.0 Å². The Hall–Kier alpha value is -3.00. The van der Waals surface area contributed by atoms with Crippen LogP contribution in [0.25, 0.3) is 11.8 Å². The molecule has 0 spiro atoms. The number of rotatable bonds is 2. The largest absolute Gasteiger partial charge is 0.318 e. The first-order valence-electron chi connectivity index (χ1n) is 7.83. The van der Waals surface area contributed by atoms with Gasteiger partial charge in [0.2, 0.25) is 0 Å². The number of thioether (sulfide) groups is 1. The predicted molar refractivity (Wildman–Crippen MR) is 101 cm³/mol. The number of halogens is 1. The van der Waals surface area contributed by atoms with Gasteiger partial charge in [-0.1, -0.05) is 0 Å². The van der Waals surface area contributed by atoms with E-state index >= 15 is 0 Å². The van der Waals surface area contributed by atoms with E-state index < -0.39 is 5.91 Å². The molecule has 26 heavy (non-hydrogen) atoms. The molecule has 130 valence electrons. The van der Waals surface area contributed by atoms with Crippen molar-refractivity contribution in [2.75, 3.05) is 0 Å². The number of carbonyl (C=O) groups is 1. The van der Waals surface area contributed by atoms with E-state index in [1.54, 1.807) is 23.8 Å². The van der Waals surface area contributed by atoms with E-state index in [9.17, 15) is 9.18 Å². The first-order valence-corrected chi connectivity index (χ1v) is 8.71. The van der Waals surface area contributed by atoms with E-state index in [4.69, 9.17) is 5.41 Å². The van der Waals surface area contributed by atoms with E-state index in [2.05, 4.69) is 10.1 Å². The zero-order valence-electron chi connectivity index (χ0n) is 14.0. The Bertz CT molecular complexity index is 1030. The molecule has 1 amide bonds. The average molecular weight is 367 g/mol. The normalized spacial score (nSPS) is 17.9. The average Bonchev–Trinajstić information content (AvgIpc) is 3.17. The summed E-state index contributed by atoms with van der Waals surface area (Å²) in [5.74, 6) is -0.740. The van der Waals surface area contributed by atoms with Crippen LogP contribution in [0.5, 0.6) is 0 Å². The Labute approximate surface area is 153 Å². The molecule has 1 aromatic carbocycles. The Morgan fingerprint density at radius 3 is 2.69 bits per heavy atom. The van der Waals surface area contributed by atoms with Crippen molar-refractivity contribution in [3.05, 3.63) is 58.7 Å². The molecule has 2 aliphatic heterocycles. The fourth-order valence-corrected chi connectivity index (χ4v) is 3.62. The van der Waals surface area contributed by atoms with E-state index in [1.165, 1.54) is 28.9 Å². The molecule has 4 rings (SSSR count). The van der Waals surface area contributed by atoms with Crippen molar-refractivity contribution in [1.82, 2.24) is 9.58 Å². The lowest BCUT2D eigenvalue weighted by atomic mass is 10.1. The minimum absolute atomic E-state index is 0.00725. The van der Waals surface area contributed by atoms with Gasteiger partial charge in [-0.05, 0) is 67.6 Å². The van der Waals surface area contributed by atoms with Crippen LogP contribution in [0.2, 0.25) is 0 Å². The maximum atomic E-state index is 13.2. The number of hydrogen-bond acceptors (Lipinski definition) is 4. The van der Waals surface area contributed by atoms with Gasteiger partial charge < -0.3 is 4.57 Å². The number of aromatic nitrogens is 1. The van der Waals surface area contributed by atoms with Crippen LogP contribution in [0.4, 0.5) is 4.39 Å². The van der Waals surface area contributed by atoms with E-state index in [0.717, 1.165) is 22.6 Å². The molecule has 0 bridgehead atoms. The number of amides is 1. The van der Waals surface area contributed by atoms with Crippen LogP contribution < -0.4 is 0 Å². The van der Waals surface area contributed by atoms with Crippen LogP contribution in [-0.4, -0.2) is 32.0 Å². The molecule has 0 fully saturated rings. The predicted octanol–water partition coefficient (Wildman–Crippen LogP) is 3.48. The molecule has 2 aliphatic rings. The third kappa shape index (κ3) is 2.59. The van der Waals surface area contributed by atoms with E-state index in [1.807, 2.05) is 24.5 Å². The molecule has 0 radical (unpaired) electrons. The molecular formula is C18H14FN5OS. The van der Waals surface area contributed by atoms with Gasteiger partial charge >= 0.3 is 0 Å². The molecule has 0 saturated carbocycles. The number of hydrogen-bond donors (Lipinski definition) is 1. The Balaban J connectivity index is 1.78. The third-order valence-electron chi connectivity index (χ3n) is 4.25. The highest BCUT2D eigenvalue weighted by molar-refractivity contribution is 8.25. The highest BCUT2D eigenvalue weighted by Crippen LogP contribution is 2.27. The smallest absolute Gasteiger partial charge is 0.283 e. The summed E-state index contributed by atoms with van der Waals surface area (Å²) in [7, 11) is 0. The zero-order chi connectivity index (χ0) is 18.4. The number of aryl methyl sites for hydroxylation is 1. The fraction of sp³-hybridized carbons (Fsp3) is 0.111. The summed E-state index contributed by atoms with van der Waals surface area (Å²) in [6.07, 6.45) is 1.66. The van der Waals surface area contributed by atoms with Gasteiger partial charge in [0.25, 0.3) is 5.91 Å². The Morgan fingerprint density at radius 2 is 1.96 bits per heavy atom. The van der Waals surface area contributed by atoms with Gasteiger partial charge in [-0.15, -0.1) is 0 Å². The number of hydrazone groups is 1. The second kappa shape index (κ2) is 6.06. The third-order valence-corrected chi connectivity index (χ3v) is 4.93. The fourth-order valence-electron chi connectivity index (χ4n) is 3.01. The highest BCUT2D eigenvalue weighted by Gasteiger charge is 2.32. The maximum Gasteiger partial charge on any atom is 0.283 e. The number of amidine groups is 2. The first-order chi connectivity index (χ1) is 12.5. The van der Waals surface area contributed by atoms with Crippen LogP contribution in [0.3, 0.4) is 0 Å². The standard InChI is InChI=1S/C18H14FN5OS/c1-10-7-12(11(2)23(10)14-5-3-13(19)4-6-14)8-15-16(20)24-18(22-17(15)25)26-9-21-24/h3-9,20H,1-2H3/b15-8+,20-16?. The quantitative estimate of drug-likeness (QED) is 0.826. The summed E-state index contributed by atoms with van der Waals surface area (Å²) >= 11 is 1.21. The molecule has 1 aromatic heterocycles. The Morgan fingerprint density at radius 1 is 1.23 bits per heavy atom. The minimum atomic E-state index is -0.453. The van der Waals surface area contributed by atoms with Crippen molar-refractivity contribution in [2.45, 2.75) is 13.8 Å². The number of fused-ring (bicyclic) bond motifs is 1. The maximum absolute atomic E-state index is 13.2. The van der Waals surface area contributed by atoms with Crippen LogP contribution in [0.15, 0.2) is 46.0 Å². The summed E-state index contributed by atoms with van der Waals surface area (Å²) in [6, 6.07) is 8.14. The molecule has 0 saturated heterocycles. The summed E-state index contributed by atoms with van der Waals surface area (Å²) in [6.45, 7) is 3.85. The van der Waals surface area contributed by atoms with Crippen molar-refractivity contribution in [3.8, 4) is 5.69 Å². The molecule has 0 aliphatic carbocycles. The monoisotopic (exact) mass is 367 g/mol. The topological polar surface area (TPSA) is 73.8 Å². The van der Waals surface area contributed by atoms with Gasteiger partial charge in [0, 0.05) is 17.1 Å². The number of nitrogens with one attached hydrogen (secondary N) is 1. The zero-order valence-corrected chi connectivity index (χ0v) is 14.8. The molecule has 0 unspecified atom stereocenters. The molecule has 6 nitrogen and oxygen atoms in total. The minimum Gasteiger partial charge on any atom is -0.318 e. The van der Waals surface area contributed by atoms with Gasteiger partial charge in [-0.3, -0.25) is 10.2 Å². The van der Waals surface area contributed by atoms with E-state index in [-0.39, 0.29) is 17.2 Å². The van der Waals surface area contributed by atoms with Crippen molar-refractivity contribution in [3.63, 3.8) is 0 Å². The lowest BCUT2D eigenvalue weighted by molar-refractivity contribution is -0.114. The summed E-state index contributed by atoms with van der Waals surface area (Å²) < 4.78 is 15.2. The Kier molecular flexibility index (Phi) is 3.84. The molecule has 1 N–H and O–H groups in total. The van der Waals surface area contributed by atoms with Crippen LogP contribution >= 0.6 is 11.8 Å². The van der Waals surface area contributed by atoms with Crippen molar-refractivity contribution in [2.24, 2.45) is 10.1 Å². The van der Waals surface area contributed by atoms with Crippen molar-refractivity contribution in [1.29, 1.82) is 5.41 Å². The van der Waals surface area contributed by atoms with Gasteiger partial charge in [0.05, 0.1) is 11.1 Å². The van der Waals surface area contributed by atoms with E-state index in [0.29, 0.717) is 5.17 Å². The van der Waals surface area contributed by atoms with Gasteiger partial charge in [0.1, 0.15) is 5.82 Å². The van der Waals surface area contributed by atoms with Gasteiger partial charge in [-0.2, -0.15) is 15.1 Å². The summed E-state index contributed by atoms with van der Waals surface area (Å²) in [4.78, 5) is 16.3. The van der Waals surface area contributed by atoms with Gasteiger partial charge in [-0.25, -0.2) is 4.39 Å². The molecule has 8 heteroatoms. The second-order valence-electron chi connectivity index (χ2n) is 5.89. The summed E-state index contributed by atoms with van der Waals surface area (Å²) in [5.41, 5.74) is 5.19. The van der Waals surface area contributed by atoms with Crippen LogP contribution in [0, 0.1) is 25.1 Å². The molecule has 2 aromatic rings. The van der Waals surface area contributed by atoms with Crippen LogP contribution in [-0.2, 0) is 4.79 Å². The lowest BCUT2D eigenvalue weighted by Crippen LogP contribution is -2.35. The molecular weight excluding hydrogens is 353 g/mol. The second-order valence-corrected chi connectivity index (χ2v) is 6.71. The first kappa shape index (κ1) is 16.5. The number of benzene rings is 1. The molecule has 0 atom stereocenters. The summed E-state index contributed by atoms with van der Waals surface area (Å²) in [5, 5.41) is 14.0. The highest BCUT2D eigenvalue weighted by atomic mass is 32.2. The van der Waals surface area contributed by atoms with Crippen molar-refractivity contribution >= 4 is 40.3 Å². The van der Waals surface area contributed by atoms with Crippen molar-refractivity contribution < 1.29 is 9.18 Å². The lowest BCUT2D eigenvalue weighted by Gasteiger charge is -2.20. The van der Waals surface area contributed by atoms with Gasteiger partial charge in [0.15, 0.2) is 11.0 Å². The SMILES string of the molecule is Cc1cc(/C=C2\C(=N)N3N=CSC3=NC2=O)c(C)n1-c1ccc(F)cc1. The number of carbonyl (C=O) groups excluding carboxylic acids is 1. The number of nitrogens with zero attached hydrogens (tertiary/aromatic N) is 4. The molecule has 3 heterocycles. The number of aliphatic imine (C=N–C) groups is 1.